The molecule has 1 aliphatic heterocycles. The summed E-state index contributed by atoms with van der Waals surface area (Å²) in [6, 6.07) is 3.62. The van der Waals surface area contributed by atoms with Crippen LogP contribution in [-0.4, -0.2) is 24.5 Å². The van der Waals surface area contributed by atoms with Crippen LogP contribution in [0, 0.1) is 17.6 Å². The average molecular weight is 240 g/mol. The Labute approximate surface area is 100 Å². The van der Waals surface area contributed by atoms with E-state index < -0.39 is 0 Å². The number of rotatable bonds is 3. The highest BCUT2D eigenvalue weighted by atomic mass is 19.1. The van der Waals surface area contributed by atoms with E-state index >= 15 is 0 Å². The number of benzene rings is 1. The molecule has 2 N–H and O–H groups in total. The number of likely N-dealkylation sites (tertiary alicyclic amines) is 1. The second kappa shape index (κ2) is 5.56. The Kier molecular flexibility index (Phi) is 4.07. The van der Waals surface area contributed by atoms with Crippen LogP contribution in [0.25, 0.3) is 0 Å². The van der Waals surface area contributed by atoms with Crippen molar-refractivity contribution >= 4 is 0 Å². The molecule has 17 heavy (non-hydrogen) atoms. The number of halogens is 2. The lowest BCUT2D eigenvalue weighted by atomic mass is 9.98. The minimum Gasteiger partial charge on any atom is -0.330 e. The number of piperidine rings is 1. The minimum absolute atomic E-state index is 0.332. The Morgan fingerprint density at radius 3 is 2.94 bits per heavy atom. The van der Waals surface area contributed by atoms with E-state index in [-0.39, 0.29) is 11.6 Å². The van der Waals surface area contributed by atoms with E-state index in [9.17, 15) is 8.78 Å². The van der Waals surface area contributed by atoms with Crippen molar-refractivity contribution in [2.24, 2.45) is 11.7 Å². The highest BCUT2D eigenvalue weighted by Crippen LogP contribution is 2.19. The summed E-state index contributed by atoms with van der Waals surface area (Å²) in [7, 11) is 0. The summed E-state index contributed by atoms with van der Waals surface area (Å²) in [5, 5.41) is 0. The zero-order chi connectivity index (χ0) is 12.3. The van der Waals surface area contributed by atoms with Gasteiger partial charge in [-0.25, -0.2) is 8.78 Å². The van der Waals surface area contributed by atoms with E-state index in [4.69, 9.17) is 5.73 Å². The van der Waals surface area contributed by atoms with Gasteiger partial charge in [-0.05, 0) is 50.0 Å². The molecule has 1 unspecified atom stereocenters. The molecule has 1 saturated heterocycles. The summed E-state index contributed by atoms with van der Waals surface area (Å²) in [6.45, 7) is 2.96. The van der Waals surface area contributed by atoms with E-state index in [1.807, 2.05) is 0 Å². The van der Waals surface area contributed by atoms with E-state index in [1.54, 1.807) is 0 Å². The standard InChI is InChI=1S/C13H18F2N2/c14-12-3-4-13(15)11(6-12)9-17-5-1-2-10(7-16)8-17/h3-4,6,10H,1-2,5,7-9,16H2. The van der Waals surface area contributed by atoms with E-state index in [0.717, 1.165) is 32.0 Å². The molecule has 0 spiro atoms. The number of hydrogen-bond donors (Lipinski definition) is 1. The molecule has 4 heteroatoms. The maximum absolute atomic E-state index is 13.5. The average Bonchev–Trinajstić information content (AvgIpc) is 2.34. The van der Waals surface area contributed by atoms with E-state index in [0.29, 0.717) is 24.6 Å². The van der Waals surface area contributed by atoms with Gasteiger partial charge in [0.1, 0.15) is 11.6 Å². The molecular weight excluding hydrogens is 222 g/mol. The molecule has 0 amide bonds. The largest absolute Gasteiger partial charge is 0.330 e. The fourth-order valence-corrected chi connectivity index (χ4v) is 2.39. The fraction of sp³-hybridized carbons (Fsp3) is 0.538. The van der Waals surface area contributed by atoms with Crippen LogP contribution in [0.3, 0.4) is 0 Å². The molecule has 1 fully saturated rings. The molecule has 1 atom stereocenters. The van der Waals surface area contributed by atoms with Gasteiger partial charge in [0.15, 0.2) is 0 Å². The maximum Gasteiger partial charge on any atom is 0.127 e. The van der Waals surface area contributed by atoms with Crippen LogP contribution in [0.15, 0.2) is 18.2 Å². The zero-order valence-electron chi connectivity index (χ0n) is 9.83. The van der Waals surface area contributed by atoms with Gasteiger partial charge in [0, 0.05) is 18.7 Å². The van der Waals surface area contributed by atoms with Gasteiger partial charge in [-0.2, -0.15) is 0 Å². The van der Waals surface area contributed by atoms with Crippen LogP contribution in [0.1, 0.15) is 18.4 Å². The molecule has 1 aliphatic rings. The highest BCUT2D eigenvalue weighted by Gasteiger charge is 2.19. The molecule has 0 radical (unpaired) electrons. The second-order valence-corrected chi connectivity index (χ2v) is 4.71. The van der Waals surface area contributed by atoms with Gasteiger partial charge in [0.2, 0.25) is 0 Å². The predicted octanol–water partition coefficient (Wildman–Crippen LogP) is 2.14. The van der Waals surface area contributed by atoms with Gasteiger partial charge >= 0.3 is 0 Å². The number of nitrogens with two attached hydrogens (primary N) is 1. The van der Waals surface area contributed by atoms with Crippen LogP contribution in [0.4, 0.5) is 8.78 Å². The predicted molar refractivity (Wildman–Crippen MR) is 63.4 cm³/mol. The van der Waals surface area contributed by atoms with Crippen molar-refractivity contribution < 1.29 is 8.78 Å². The normalized spacial score (nSPS) is 21.7. The summed E-state index contributed by atoms with van der Waals surface area (Å²) in [5.74, 6) is -0.226. The van der Waals surface area contributed by atoms with Crippen LogP contribution in [0.5, 0.6) is 0 Å². The summed E-state index contributed by atoms with van der Waals surface area (Å²) in [5.41, 5.74) is 6.09. The molecule has 1 heterocycles. The quantitative estimate of drug-likeness (QED) is 0.877. The lowest BCUT2D eigenvalue weighted by Gasteiger charge is -2.32. The lowest BCUT2D eigenvalue weighted by Crippen LogP contribution is -2.38. The van der Waals surface area contributed by atoms with Gasteiger partial charge in [0.25, 0.3) is 0 Å². The van der Waals surface area contributed by atoms with Crippen molar-refractivity contribution in [3.8, 4) is 0 Å². The van der Waals surface area contributed by atoms with Crippen molar-refractivity contribution in [1.29, 1.82) is 0 Å². The topological polar surface area (TPSA) is 29.3 Å². The number of nitrogens with zero attached hydrogens (tertiary/aromatic N) is 1. The summed E-state index contributed by atoms with van der Waals surface area (Å²) in [4.78, 5) is 2.15. The molecule has 1 aromatic rings. The van der Waals surface area contributed by atoms with Crippen molar-refractivity contribution in [2.75, 3.05) is 19.6 Å². The SMILES string of the molecule is NCC1CCCN(Cc2cc(F)ccc2F)C1. The molecule has 2 rings (SSSR count). The first-order valence-corrected chi connectivity index (χ1v) is 6.05. The van der Waals surface area contributed by atoms with Crippen LogP contribution in [0.2, 0.25) is 0 Å². The third kappa shape index (κ3) is 3.23. The Balaban J connectivity index is 2.02. The van der Waals surface area contributed by atoms with Gasteiger partial charge in [0.05, 0.1) is 0 Å². The first-order valence-electron chi connectivity index (χ1n) is 6.05. The van der Waals surface area contributed by atoms with Crippen LogP contribution >= 0.6 is 0 Å². The molecule has 0 saturated carbocycles. The molecule has 0 aliphatic carbocycles. The van der Waals surface area contributed by atoms with Gasteiger partial charge < -0.3 is 5.73 Å². The molecule has 2 nitrogen and oxygen atoms in total. The van der Waals surface area contributed by atoms with E-state index in [1.165, 1.54) is 12.1 Å². The van der Waals surface area contributed by atoms with Crippen molar-refractivity contribution in [1.82, 2.24) is 4.90 Å². The Hall–Kier alpha value is -1.00. The third-order valence-corrected chi connectivity index (χ3v) is 3.34. The monoisotopic (exact) mass is 240 g/mol. The minimum atomic E-state index is -0.381. The summed E-state index contributed by atoms with van der Waals surface area (Å²) >= 11 is 0. The number of hydrogen-bond acceptors (Lipinski definition) is 2. The lowest BCUT2D eigenvalue weighted by molar-refractivity contribution is 0.169. The molecule has 94 valence electrons. The third-order valence-electron chi connectivity index (χ3n) is 3.34. The van der Waals surface area contributed by atoms with Crippen molar-refractivity contribution in [3.63, 3.8) is 0 Å². The summed E-state index contributed by atoms with van der Waals surface area (Å²) < 4.78 is 26.5. The molecule has 0 aromatic heterocycles. The van der Waals surface area contributed by atoms with Crippen LogP contribution < -0.4 is 5.73 Å². The highest BCUT2D eigenvalue weighted by molar-refractivity contribution is 5.18. The van der Waals surface area contributed by atoms with Crippen molar-refractivity contribution in [2.45, 2.75) is 19.4 Å². The molecule has 0 bridgehead atoms. The van der Waals surface area contributed by atoms with Gasteiger partial charge in [-0.3, -0.25) is 4.90 Å². The Morgan fingerprint density at radius 2 is 2.18 bits per heavy atom. The smallest absolute Gasteiger partial charge is 0.127 e. The summed E-state index contributed by atoms with van der Waals surface area (Å²) in [6.07, 6.45) is 2.22. The fourth-order valence-electron chi connectivity index (χ4n) is 2.39. The first kappa shape index (κ1) is 12.5. The molecular formula is C13H18F2N2. The Morgan fingerprint density at radius 1 is 1.35 bits per heavy atom. The first-order chi connectivity index (χ1) is 8.19. The van der Waals surface area contributed by atoms with Crippen molar-refractivity contribution in [3.05, 3.63) is 35.4 Å². The van der Waals surface area contributed by atoms with Gasteiger partial charge in [-0.15, -0.1) is 0 Å². The maximum atomic E-state index is 13.5. The van der Waals surface area contributed by atoms with E-state index in [2.05, 4.69) is 4.90 Å². The Bertz CT molecular complexity index is 382. The van der Waals surface area contributed by atoms with Gasteiger partial charge in [-0.1, -0.05) is 0 Å². The second-order valence-electron chi connectivity index (χ2n) is 4.71. The molecule has 1 aromatic carbocycles. The van der Waals surface area contributed by atoms with Crippen LogP contribution in [-0.2, 0) is 6.54 Å². The zero-order valence-corrected chi connectivity index (χ0v) is 9.83.